The topological polar surface area (TPSA) is 37.8 Å². The molecule has 1 atom stereocenters. The highest BCUT2D eigenvalue weighted by molar-refractivity contribution is 5.48. The van der Waals surface area contributed by atoms with Gasteiger partial charge in [0.2, 0.25) is 0 Å². The van der Waals surface area contributed by atoms with E-state index in [0.717, 1.165) is 44.6 Å². The molecule has 2 saturated heterocycles. The van der Waals surface area contributed by atoms with Crippen LogP contribution in [0.2, 0.25) is 0 Å². The number of pyridine rings is 1. The summed E-state index contributed by atoms with van der Waals surface area (Å²) in [6.07, 6.45) is 11.1. The fraction of sp³-hybridized carbons (Fsp3) is 0.762. The molecule has 1 aromatic rings. The van der Waals surface area contributed by atoms with Crippen LogP contribution in [-0.4, -0.2) is 62.4 Å². The summed E-state index contributed by atoms with van der Waals surface area (Å²) in [5.41, 5.74) is 1.20. The highest BCUT2D eigenvalue weighted by Crippen LogP contribution is 2.27. The van der Waals surface area contributed by atoms with Gasteiger partial charge in [-0.05, 0) is 51.6 Å². The number of anilines is 1. The van der Waals surface area contributed by atoms with Gasteiger partial charge in [-0.15, -0.1) is 0 Å². The molecule has 3 heterocycles. The first-order valence-corrected chi connectivity index (χ1v) is 10.4. The molecular formula is C21H35N3O2. The average molecular weight is 362 g/mol. The van der Waals surface area contributed by atoms with Crippen LogP contribution in [0.25, 0.3) is 0 Å². The number of aromatic nitrogens is 1. The fourth-order valence-electron chi connectivity index (χ4n) is 3.71. The zero-order chi connectivity index (χ0) is 18.2. The van der Waals surface area contributed by atoms with Gasteiger partial charge in [0.1, 0.15) is 12.4 Å². The van der Waals surface area contributed by atoms with Gasteiger partial charge in [-0.2, -0.15) is 0 Å². The average Bonchev–Trinajstić information content (AvgIpc) is 2.67. The lowest BCUT2D eigenvalue weighted by Crippen LogP contribution is -2.48. The fourth-order valence-corrected chi connectivity index (χ4v) is 3.71. The highest BCUT2D eigenvalue weighted by atomic mass is 16.5. The summed E-state index contributed by atoms with van der Waals surface area (Å²) in [4.78, 5) is 9.19. The Balaban J connectivity index is 1.39. The highest BCUT2D eigenvalue weighted by Gasteiger charge is 2.24. The molecule has 0 aliphatic carbocycles. The molecule has 26 heavy (non-hydrogen) atoms. The second kappa shape index (κ2) is 10.1. The maximum absolute atomic E-state index is 5.97. The van der Waals surface area contributed by atoms with E-state index in [9.17, 15) is 0 Å². The van der Waals surface area contributed by atoms with E-state index in [1.54, 1.807) is 0 Å². The largest absolute Gasteiger partial charge is 0.490 e. The molecule has 2 aliphatic heterocycles. The molecule has 0 spiro atoms. The molecule has 0 N–H and O–H groups in total. The monoisotopic (exact) mass is 361 g/mol. The zero-order valence-corrected chi connectivity index (χ0v) is 16.5. The quantitative estimate of drug-likeness (QED) is 0.596. The van der Waals surface area contributed by atoms with Crippen molar-refractivity contribution in [2.24, 2.45) is 5.92 Å². The van der Waals surface area contributed by atoms with Crippen LogP contribution in [0.3, 0.4) is 0 Å². The van der Waals surface area contributed by atoms with E-state index in [1.807, 2.05) is 12.4 Å². The molecule has 5 nitrogen and oxygen atoms in total. The number of rotatable bonds is 10. The maximum atomic E-state index is 5.97. The van der Waals surface area contributed by atoms with Crippen LogP contribution in [0.4, 0.5) is 5.69 Å². The van der Waals surface area contributed by atoms with Gasteiger partial charge in [-0.25, -0.2) is 0 Å². The number of hydrogen-bond acceptors (Lipinski definition) is 5. The van der Waals surface area contributed by atoms with Gasteiger partial charge in [-0.3, -0.25) is 9.88 Å². The van der Waals surface area contributed by atoms with Gasteiger partial charge in [0.05, 0.1) is 18.1 Å². The Bertz CT molecular complexity index is 532. The molecule has 0 bridgehead atoms. The Kier molecular flexibility index (Phi) is 7.56. The van der Waals surface area contributed by atoms with Crippen molar-refractivity contribution in [3.63, 3.8) is 0 Å². The summed E-state index contributed by atoms with van der Waals surface area (Å²) < 4.78 is 11.7. The molecule has 0 unspecified atom stereocenters. The van der Waals surface area contributed by atoms with Crippen LogP contribution in [0.5, 0.6) is 5.75 Å². The van der Waals surface area contributed by atoms with Gasteiger partial charge in [0.25, 0.3) is 0 Å². The van der Waals surface area contributed by atoms with Crippen molar-refractivity contribution in [1.82, 2.24) is 9.88 Å². The summed E-state index contributed by atoms with van der Waals surface area (Å²) >= 11 is 0. The molecule has 0 saturated carbocycles. The van der Waals surface area contributed by atoms with Crippen molar-refractivity contribution < 1.29 is 9.47 Å². The third-order valence-corrected chi connectivity index (χ3v) is 5.87. The molecule has 0 radical (unpaired) electrons. The molecule has 3 rings (SSSR count). The molecule has 0 aromatic carbocycles. The lowest BCUT2D eigenvalue weighted by Gasteiger charge is -2.37. The minimum Gasteiger partial charge on any atom is -0.490 e. The third kappa shape index (κ3) is 5.58. The molecule has 1 aromatic heterocycles. The molecule has 2 aliphatic rings. The van der Waals surface area contributed by atoms with E-state index in [2.05, 4.69) is 34.8 Å². The number of unbranched alkanes of at least 4 members (excludes halogenated alkanes) is 1. The number of likely N-dealkylation sites (tertiary alicyclic amines) is 1. The second-order valence-corrected chi connectivity index (χ2v) is 7.80. The first-order valence-electron chi connectivity index (χ1n) is 10.4. The minimum absolute atomic E-state index is 0.564. The van der Waals surface area contributed by atoms with E-state index in [-0.39, 0.29) is 0 Å². The number of nitrogens with zero attached hydrogens (tertiary/aromatic N) is 3. The third-order valence-electron chi connectivity index (χ3n) is 5.87. The van der Waals surface area contributed by atoms with Gasteiger partial charge in [-0.1, -0.05) is 13.3 Å². The van der Waals surface area contributed by atoms with Crippen LogP contribution in [0.15, 0.2) is 18.5 Å². The predicted molar refractivity (Wildman–Crippen MR) is 106 cm³/mol. The zero-order valence-electron chi connectivity index (χ0n) is 16.5. The van der Waals surface area contributed by atoms with E-state index in [1.165, 1.54) is 50.8 Å². The van der Waals surface area contributed by atoms with Gasteiger partial charge in [0, 0.05) is 38.4 Å². The Labute approximate surface area is 158 Å². The summed E-state index contributed by atoms with van der Waals surface area (Å²) in [5.74, 6) is 1.70. The normalized spacial score (nSPS) is 21.6. The van der Waals surface area contributed by atoms with Crippen molar-refractivity contribution in [2.45, 2.75) is 51.5 Å². The first-order chi connectivity index (χ1) is 12.8. The van der Waals surface area contributed by atoms with E-state index in [4.69, 9.17) is 9.47 Å². The Hall–Kier alpha value is -1.33. The minimum atomic E-state index is 0.564. The van der Waals surface area contributed by atoms with Crippen molar-refractivity contribution >= 4 is 5.69 Å². The van der Waals surface area contributed by atoms with Crippen LogP contribution in [-0.2, 0) is 4.74 Å². The van der Waals surface area contributed by atoms with Crippen LogP contribution < -0.4 is 9.64 Å². The van der Waals surface area contributed by atoms with E-state index in [0.29, 0.717) is 6.04 Å². The summed E-state index contributed by atoms with van der Waals surface area (Å²) in [5, 5.41) is 0. The SMILES string of the molecule is CCCCOCCC1CCN(c2cncc(OC[C@@H]3CCN3C)c2)CC1. The summed E-state index contributed by atoms with van der Waals surface area (Å²) in [6, 6.07) is 2.72. The lowest BCUT2D eigenvalue weighted by atomic mass is 9.94. The van der Waals surface area contributed by atoms with E-state index >= 15 is 0 Å². The van der Waals surface area contributed by atoms with Crippen molar-refractivity contribution in [3.8, 4) is 5.75 Å². The number of hydrogen-bond donors (Lipinski definition) is 0. The summed E-state index contributed by atoms with van der Waals surface area (Å²) in [7, 11) is 2.16. The number of likely N-dealkylation sites (N-methyl/N-ethyl adjacent to an activating group) is 1. The van der Waals surface area contributed by atoms with Crippen LogP contribution in [0.1, 0.15) is 45.4 Å². The van der Waals surface area contributed by atoms with Crippen LogP contribution in [0, 0.1) is 5.92 Å². The van der Waals surface area contributed by atoms with Crippen molar-refractivity contribution in [1.29, 1.82) is 0 Å². The van der Waals surface area contributed by atoms with Gasteiger partial charge >= 0.3 is 0 Å². The molecular weight excluding hydrogens is 326 g/mol. The maximum Gasteiger partial charge on any atom is 0.139 e. The second-order valence-electron chi connectivity index (χ2n) is 7.80. The smallest absolute Gasteiger partial charge is 0.139 e. The molecule has 2 fully saturated rings. The molecule has 5 heteroatoms. The molecule has 146 valence electrons. The summed E-state index contributed by atoms with van der Waals surface area (Å²) in [6.45, 7) is 8.22. The van der Waals surface area contributed by atoms with Crippen molar-refractivity contribution in [3.05, 3.63) is 18.5 Å². The number of piperidine rings is 1. The predicted octanol–water partition coefficient (Wildman–Crippen LogP) is 3.59. The van der Waals surface area contributed by atoms with Crippen LogP contribution >= 0.6 is 0 Å². The van der Waals surface area contributed by atoms with Gasteiger partial charge in [0.15, 0.2) is 0 Å². The lowest BCUT2D eigenvalue weighted by molar-refractivity contribution is 0.0767. The Morgan fingerprint density at radius 1 is 1.12 bits per heavy atom. The first kappa shape index (κ1) is 19.4. The van der Waals surface area contributed by atoms with Gasteiger partial charge < -0.3 is 14.4 Å². The van der Waals surface area contributed by atoms with Crippen molar-refractivity contribution in [2.75, 3.05) is 51.4 Å². The Morgan fingerprint density at radius 2 is 1.96 bits per heavy atom. The standard InChI is InChI=1S/C21H35N3O2/c1-3-4-12-25-13-8-18-5-10-24(11-6-18)20-14-21(16-22-15-20)26-17-19-7-9-23(19)2/h14-16,18-19H,3-13,17H2,1-2H3/t19-/m0/s1. The molecule has 0 amide bonds. The number of ether oxygens (including phenoxy) is 2. The van der Waals surface area contributed by atoms with E-state index < -0.39 is 0 Å². The Morgan fingerprint density at radius 3 is 2.65 bits per heavy atom.